The van der Waals surface area contributed by atoms with Gasteiger partial charge in [0.25, 0.3) is 0 Å². The van der Waals surface area contributed by atoms with Crippen LogP contribution >= 0.6 is 0 Å². The van der Waals surface area contributed by atoms with Gasteiger partial charge in [-0.1, -0.05) is 17.7 Å². The van der Waals surface area contributed by atoms with Gasteiger partial charge in [0.05, 0.1) is 24.0 Å². The van der Waals surface area contributed by atoms with Gasteiger partial charge < -0.3 is 10.2 Å². The molecule has 3 heteroatoms. The van der Waals surface area contributed by atoms with E-state index in [9.17, 15) is 15.0 Å². The molecule has 3 nitrogen and oxygen atoms in total. The van der Waals surface area contributed by atoms with Gasteiger partial charge in [0, 0.05) is 0 Å². The topological polar surface area (TPSA) is 57.5 Å². The molecule has 19 heavy (non-hydrogen) atoms. The molecule has 1 fully saturated rings. The molecule has 4 rings (SSSR count). The Hall–Kier alpha value is -0.930. The number of aliphatic hydroxyl groups is 2. The summed E-state index contributed by atoms with van der Waals surface area (Å²) >= 11 is 0. The molecule has 0 amide bonds. The lowest BCUT2D eigenvalue weighted by molar-refractivity contribution is -0.134. The smallest absolute Gasteiger partial charge is 0.152 e. The third-order valence-electron chi connectivity index (χ3n) is 5.98. The van der Waals surface area contributed by atoms with Crippen LogP contribution in [0.2, 0.25) is 0 Å². The van der Waals surface area contributed by atoms with Crippen molar-refractivity contribution in [3.8, 4) is 0 Å². The molecule has 0 aromatic heterocycles. The van der Waals surface area contributed by atoms with Gasteiger partial charge in [0.15, 0.2) is 5.78 Å². The van der Waals surface area contributed by atoms with Gasteiger partial charge in [-0.15, -0.1) is 0 Å². The van der Waals surface area contributed by atoms with Crippen LogP contribution in [0, 0.1) is 23.2 Å². The molecule has 0 spiro atoms. The zero-order valence-corrected chi connectivity index (χ0v) is 11.0. The van der Waals surface area contributed by atoms with Gasteiger partial charge >= 0.3 is 0 Å². The molecule has 2 N–H and O–H groups in total. The van der Waals surface area contributed by atoms with Crippen molar-refractivity contribution in [2.75, 3.05) is 6.61 Å². The average molecular weight is 260 g/mol. The molecule has 0 unspecified atom stereocenters. The van der Waals surface area contributed by atoms with Crippen molar-refractivity contribution >= 4 is 5.78 Å². The van der Waals surface area contributed by atoms with E-state index in [0.29, 0.717) is 0 Å². The number of aliphatic hydroxyl groups excluding tert-OH is 2. The summed E-state index contributed by atoms with van der Waals surface area (Å²) in [6, 6.07) is 0. The molecule has 1 saturated carbocycles. The summed E-state index contributed by atoms with van der Waals surface area (Å²) in [5, 5.41) is 20.7. The fourth-order valence-corrected chi connectivity index (χ4v) is 5.22. The maximum Gasteiger partial charge on any atom is 0.152 e. The number of rotatable bonds is 1. The van der Waals surface area contributed by atoms with Crippen LogP contribution in [-0.4, -0.2) is 28.7 Å². The number of allylic oxidation sites excluding steroid dienone is 2. The van der Waals surface area contributed by atoms with E-state index in [0.717, 1.165) is 43.3 Å². The second-order valence-electron chi connectivity index (χ2n) is 6.53. The van der Waals surface area contributed by atoms with Crippen molar-refractivity contribution in [3.63, 3.8) is 0 Å². The zero-order valence-electron chi connectivity index (χ0n) is 11.0. The fraction of sp³-hybridized carbons (Fsp3) is 0.688. The van der Waals surface area contributed by atoms with E-state index in [2.05, 4.69) is 12.2 Å². The Morgan fingerprint density at radius 1 is 1.32 bits per heavy atom. The Balaban J connectivity index is 1.96. The Labute approximate surface area is 113 Å². The maximum atomic E-state index is 12.8. The van der Waals surface area contributed by atoms with Crippen LogP contribution in [0.1, 0.15) is 32.1 Å². The molecule has 0 saturated heterocycles. The van der Waals surface area contributed by atoms with Gasteiger partial charge in [-0.05, 0) is 49.5 Å². The number of Topliss-reactive ketones (excluding diaryl/α,β-unsaturated/α-hetero) is 1. The third kappa shape index (κ3) is 1.19. The lowest BCUT2D eigenvalue weighted by Gasteiger charge is -2.41. The van der Waals surface area contributed by atoms with Crippen LogP contribution in [0.5, 0.6) is 0 Å². The predicted molar refractivity (Wildman–Crippen MR) is 70.3 cm³/mol. The van der Waals surface area contributed by atoms with E-state index in [1.165, 1.54) is 0 Å². The van der Waals surface area contributed by atoms with Gasteiger partial charge in [-0.2, -0.15) is 0 Å². The van der Waals surface area contributed by atoms with Gasteiger partial charge in [0.1, 0.15) is 0 Å². The zero-order chi connectivity index (χ0) is 13.2. The Kier molecular flexibility index (Phi) is 2.37. The largest absolute Gasteiger partial charge is 0.395 e. The van der Waals surface area contributed by atoms with Crippen molar-refractivity contribution in [1.82, 2.24) is 0 Å². The molecule has 0 aromatic rings. The Morgan fingerprint density at radius 2 is 2.11 bits per heavy atom. The van der Waals surface area contributed by atoms with Crippen LogP contribution in [0.4, 0.5) is 0 Å². The first-order valence-corrected chi connectivity index (χ1v) is 7.44. The van der Waals surface area contributed by atoms with E-state index < -0.39 is 11.5 Å². The minimum Gasteiger partial charge on any atom is -0.395 e. The number of hydrogen-bond donors (Lipinski definition) is 2. The van der Waals surface area contributed by atoms with E-state index in [1.807, 2.05) is 0 Å². The van der Waals surface area contributed by atoms with Gasteiger partial charge in [-0.3, -0.25) is 4.79 Å². The molecule has 0 radical (unpaired) electrons. The molecule has 2 bridgehead atoms. The van der Waals surface area contributed by atoms with Crippen LogP contribution in [0.15, 0.2) is 23.3 Å². The first-order chi connectivity index (χ1) is 9.21. The van der Waals surface area contributed by atoms with Crippen molar-refractivity contribution < 1.29 is 15.0 Å². The summed E-state index contributed by atoms with van der Waals surface area (Å²) in [5.41, 5.74) is 1.50. The monoisotopic (exact) mass is 260 g/mol. The van der Waals surface area contributed by atoms with Gasteiger partial charge in [0.2, 0.25) is 0 Å². The van der Waals surface area contributed by atoms with Crippen molar-refractivity contribution in [3.05, 3.63) is 23.3 Å². The standard InChI is InChI=1S/C16H20O3/c17-8-16-11-7-3-5-9(11)13(15(16)19)14(18)10-4-1-2-6-12(10)16/h3,7,9,11,13-14,17-18H,1-2,4-6,8H2/t9-,11+,13+,14-,16-/m1/s1. The van der Waals surface area contributed by atoms with Crippen LogP contribution in [0.25, 0.3) is 0 Å². The van der Waals surface area contributed by atoms with E-state index in [1.54, 1.807) is 0 Å². The number of ketones is 1. The molecule has 102 valence electrons. The molecule has 0 heterocycles. The highest BCUT2D eigenvalue weighted by Gasteiger charge is 2.66. The van der Waals surface area contributed by atoms with E-state index in [-0.39, 0.29) is 30.1 Å². The summed E-state index contributed by atoms with van der Waals surface area (Å²) in [7, 11) is 0. The quantitative estimate of drug-likeness (QED) is 0.704. The first kappa shape index (κ1) is 11.9. The molecular formula is C16H20O3. The molecule has 5 atom stereocenters. The van der Waals surface area contributed by atoms with E-state index in [4.69, 9.17) is 0 Å². The summed E-state index contributed by atoms with van der Waals surface area (Å²) in [6.07, 6.45) is 8.50. The Morgan fingerprint density at radius 3 is 2.89 bits per heavy atom. The van der Waals surface area contributed by atoms with Crippen molar-refractivity contribution in [2.45, 2.75) is 38.2 Å². The first-order valence-electron chi connectivity index (χ1n) is 7.44. The number of carbonyl (C=O) groups is 1. The maximum absolute atomic E-state index is 12.8. The van der Waals surface area contributed by atoms with Crippen molar-refractivity contribution in [2.24, 2.45) is 23.2 Å². The van der Waals surface area contributed by atoms with Crippen LogP contribution in [0.3, 0.4) is 0 Å². The SMILES string of the molecule is O=C1[C@H]2[C@@H]3CC=C[C@@H]3[C@]1(CO)C1=C(CCCC1)[C@H]2O. The third-order valence-corrected chi connectivity index (χ3v) is 5.98. The fourth-order valence-electron chi connectivity index (χ4n) is 5.22. The Bertz CT molecular complexity index is 504. The predicted octanol–water partition coefficient (Wildman–Crippen LogP) is 1.60. The molecular weight excluding hydrogens is 240 g/mol. The molecule has 0 aliphatic heterocycles. The number of carbonyl (C=O) groups excluding carboxylic acids is 1. The van der Waals surface area contributed by atoms with Crippen molar-refractivity contribution in [1.29, 1.82) is 0 Å². The minimum atomic E-state index is -0.683. The summed E-state index contributed by atoms with van der Waals surface area (Å²) < 4.78 is 0. The van der Waals surface area contributed by atoms with Crippen LogP contribution in [-0.2, 0) is 4.79 Å². The second-order valence-corrected chi connectivity index (χ2v) is 6.53. The highest BCUT2D eigenvalue weighted by atomic mass is 16.3. The van der Waals surface area contributed by atoms with Gasteiger partial charge in [-0.25, -0.2) is 0 Å². The molecule has 4 aliphatic rings. The molecule has 0 aromatic carbocycles. The average Bonchev–Trinajstić information content (AvgIpc) is 2.96. The number of hydrogen-bond acceptors (Lipinski definition) is 3. The summed E-state index contributed by atoms with van der Waals surface area (Å²) in [4.78, 5) is 12.8. The normalized spacial score (nSPS) is 47.6. The lowest BCUT2D eigenvalue weighted by atomic mass is 9.63. The second kappa shape index (κ2) is 3.80. The summed E-state index contributed by atoms with van der Waals surface area (Å²) in [6.45, 7) is -0.0839. The highest BCUT2D eigenvalue weighted by Crippen LogP contribution is 2.63. The number of fused-ring (bicyclic) bond motifs is 6. The minimum absolute atomic E-state index is 0.0839. The summed E-state index contributed by atoms with van der Waals surface area (Å²) in [5.74, 6) is 0.169. The van der Waals surface area contributed by atoms with Crippen LogP contribution < -0.4 is 0 Å². The lowest BCUT2D eigenvalue weighted by Crippen LogP contribution is -2.47. The molecule has 4 aliphatic carbocycles. The highest BCUT2D eigenvalue weighted by molar-refractivity contribution is 5.96. The van der Waals surface area contributed by atoms with E-state index >= 15 is 0 Å².